The van der Waals surface area contributed by atoms with Crippen LogP contribution in [0.15, 0.2) is 24.3 Å². The molecule has 1 aromatic rings. The highest BCUT2D eigenvalue weighted by molar-refractivity contribution is 5.29. The molecule has 0 spiro atoms. The summed E-state index contributed by atoms with van der Waals surface area (Å²) < 4.78 is 13.6. The summed E-state index contributed by atoms with van der Waals surface area (Å²) in [6.07, 6.45) is 15.5. The fourth-order valence-corrected chi connectivity index (χ4v) is 7.72. The molecule has 2 heteroatoms. The molecule has 2 nitrogen and oxygen atoms in total. The Balaban J connectivity index is 1.30. The van der Waals surface area contributed by atoms with E-state index in [2.05, 4.69) is 45.0 Å². The van der Waals surface area contributed by atoms with Crippen LogP contribution < -0.4 is 4.74 Å². The molecule has 8 atom stereocenters. The minimum Gasteiger partial charge on any atom is -0.465 e. The van der Waals surface area contributed by atoms with Gasteiger partial charge >= 0.3 is 0 Å². The summed E-state index contributed by atoms with van der Waals surface area (Å²) in [7, 11) is 0. The highest BCUT2D eigenvalue weighted by Gasteiger charge is 2.55. The minimum atomic E-state index is -0.0956. The van der Waals surface area contributed by atoms with Crippen LogP contribution in [0.3, 0.4) is 0 Å². The van der Waals surface area contributed by atoms with Gasteiger partial charge in [-0.1, -0.05) is 58.6 Å². The molecule has 31 heavy (non-hydrogen) atoms. The van der Waals surface area contributed by atoms with Gasteiger partial charge in [0, 0.05) is 5.92 Å². The van der Waals surface area contributed by atoms with Crippen molar-refractivity contribution in [3.05, 3.63) is 29.8 Å². The number of fused-ring (bicyclic) bond motifs is 5. The Kier molecular flexibility index (Phi) is 6.65. The molecular formula is C29H44O2. The maximum Gasteiger partial charge on any atom is 0.202 e. The van der Waals surface area contributed by atoms with E-state index >= 15 is 0 Å². The highest BCUT2D eigenvalue weighted by Crippen LogP contribution is 2.59. The van der Waals surface area contributed by atoms with Crippen molar-refractivity contribution in [3.8, 4) is 5.75 Å². The summed E-state index contributed by atoms with van der Waals surface area (Å²) in [5, 5.41) is 0. The van der Waals surface area contributed by atoms with E-state index in [0.29, 0.717) is 17.9 Å². The number of hydrogen-bond acceptors (Lipinski definition) is 2. The third kappa shape index (κ3) is 4.43. The Hall–Kier alpha value is -1.02. The Morgan fingerprint density at radius 3 is 2.32 bits per heavy atom. The maximum absolute atomic E-state index is 6.95. The first-order valence-corrected chi connectivity index (χ1v) is 13.6. The fourth-order valence-electron chi connectivity index (χ4n) is 7.72. The van der Waals surface area contributed by atoms with E-state index in [-0.39, 0.29) is 6.29 Å². The van der Waals surface area contributed by atoms with Gasteiger partial charge in [0.25, 0.3) is 0 Å². The number of benzene rings is 1. The quantitative estimate of drug-likeness (QED) is 0.394. The van der Waals surface area contributed by atoms with Gasteiger partial charge in [-0.15, -0.1) is 0 Å². The molecule has 4 aliphatic carbocycles. The van der Waals surface area contributed by atoms with E-state index in [9.17, 15) is 0 Å². The smallest absolute Gasteiger partial charge is 0.202 e. The lowest BCUT2D eigenvalue weighted by Gasteiger charge is -2.38. The molecule has 0 radical (unpaired) electrons. The number of hydrogen-bond donors (Lipinski definition) is 0. The van der Waals surface area contributed by atoms with E-state index in [4.69, 9.17) is 9.47 Å². The van der Waals surface area contributed by atoms with Gasteiger partial charge in [-0.3, -0.25) is 0 Å². The Labute approximate surface area is 190 Å². The van der Waals surface area contributed by atoms with Crippen molar-refractivity contribution < 1.29 is 9.47 Å². The monoisotopic (exact) mass is 424 g/mol. The lowest BCUT2D eigenvalue weighted by molar-refractivity contribution is -0.176. The molecule has 1 aromatic carbocycles. The molecule has 0 saturated heterocycles. The average molecular weight is 425 g/mol. The van der Waals surface area contributed by atoms with Crippen molar-refractivity contribution in [1.82, 2.24) is 0 Å². The lowest BCUT2D eigenvalue weighted by Crippen LogP contribution is -2.40. The lowest BCUT2D eigenvalue weighted by atomic mass is 9.79. The first-order chi connectivity index (χ1) is 15.1. The van der Waals surface area contributed by atoms with Crippen LogP contribution in [-0.4, -0.2) is 12.4 Å². The molecule has 4 aliphatic rings. The van der Waals surface area contributed by atoms with Crippen molar-refractivity contribution in [1.29, 1.82) is 0 Å². The predicted molar refractivity (Wildman–Crippen MR) is 127 cm³/mol. The van der Waals surface area contributed by atoms with E-state index in [1.165, 1.54) is 76.2 Å². The molecular weight excluding hydrogens is 380 g/mol. The van der Waals surface area contributed by atoms with Crippen molar-refractivity contribution >= 4 is 0 Å². The van der Waals surface area contributed by atoms with Crippen LogP contribution in [0.1, 0.15) is 103 Å². The van der Waals surface area contributed by atoms with Crippen molar-refractivity contribution in [2.24, 2.45) is 35.5 Å². The van der Waals surface area contributed by atoms with Gasteiger partial charge in [-0.25, -0.2) is 0 Å². The second-order valence-electron chi connectivity index (χ2n) is 11.5. The van der Waals surface area contributed by atoms with E-state index in [1.54, 1.807) is 0 Å². The second-order valence-corrected chi connectivity index (χ2v) is 11.5. The van der Waals surface area contributed by atoms with Crippen LogP contribution in [0.2, 0.25) is 0 Å². The third-order valence-corrected chi connectivity index (χ3v) is 9.81. The van der Waals surface area contributed by atoms with Gasteiger partial charge in [-0.2, -0.15) is 0 Å². The van der Waals surface area contributed by atoms with Crippen LogP contribution in [0, 0.1) is 35.5 Å². The van der Waals surface area contributed by atoms with Gasteiger partial charge in [0.1, 0.15) is 5.75 Å². The summed E-state index contributed by atoms with van der Waals surface area (Å²) in [6.45, 7) is 6.97. The topological polar surface area (TPSA) is 18.5 Å². The van der Waals surface area contributed by atoms with E-state index in [1.807, 2.05) is 0 Å². The molecule has 2 bridgehead atoms. The van der Waals surface area contributed by atoms with Crippen molar-refractivity contribution in [3.63, 3.8) is 0 Å². The molecule has 5 rings (SSSR count). The average Bonchev–Trinajstić information content (AvgIpc) is 3.53. The molecule has 4 fully saturated rings. The predicted octanol–water partition coefficient (Wildman–Crippen LogP) is 7.96. The van der Waals surface area contributed by atoms with Gasteiger partial charge in [0.15, 0.2) is 0 Å². The molecule has 8 unspecified atom stereocenters. The highest BCUT2D eigenvalue weighted by atomic mass is 16.7. The summed E-state index contributed by atoms with van der Waals surface area (Å²) in [6, 6.07) is 8.87. The molecule has 0 heterocycles. The van der Waals surface area contributed by atoms with Crippen LogP contribution in [0.5, 0.6) is 5.75 Å². The van der Waals surface area contributed by atoms with Gasteiger partial charge in [0.2, 0.25) is 6.29 Å². The summed E-state index contributed by atoms with van der Waals surface area (Å²) in [5.41, 5.74) is 1.41. The normalized spacial score (nSPS) is 35.6. The molecule has 0 amide bonds. The SMILES string of the molecule is CCC(C)c1ccc(OC(OC2CC3CC2C2CCCC32)C(C)C2CCCCC2)cc1. The van der Waals surface area contributed by atoms with Crippen LogP contribution >= 0.6 is 0 Å². The summed E-state index contributed by atoms with van der Waals surface area (Å²) >= 11 is 0. The second kappa shape index (κ2) is 9.46. The molecule has 0 aromatic heterocycles. The maximum atomic E-state index is 6.95. The van der Waals surface area contributed by atoms with E-state index < -0.39 is 0 Å². The van der Waals surface area contributed by atoms with E-state index in [0.717, 1.165) is 35.3 Å². The van der Waals surface area contributed by atoms with Crippen molar-refractivity contribution in [2.75, 3.05) is 0 Å². The standard InChI is InChI=1S/C29H44O2/c1-4-19(2)21-13-15-24(16-14-21)30-29(20(3)22-9-6-5-7-10-22)31-28-18-23-17-27(28)26-12-8-11-25(23)26/h13-16,19-20,22-23,25-29H,4-12,17-18H2,1-3H3. The minimum absolute atomic E-state index is 0.0956. The van der Waals surface area contributed by atoms with Crippen LogP contribution in [0.25, 0.3) is 0 Å². The van der Waals surface area contributed by atoms with Crippen molar-refractivity contribution in [2.45, 2.75) is 110 Å². The van der Waals surface area contributed by atoms with Gasteiger partial charge in [0.05, 0.1) is 6.10 Å². The van der Waals surface area contributed by atoms with Crippen LogP contribution in [0.4, 0.5) is 0 Å². The Bertz CT molecular complexity index is 706. The first kappa shape index (κ1) is 21.8. The Morgan fingerprint density at radius 1 is 0.839 bits per heavy atom. The third-order valence-electron chi connectivity index (χ3n) is 9.81. The van der Waals surface area contributed by atoms with Crippen LogP contribution in [-0.2, 0) is 4.74 Å². The number of ether oxygens (including phenoxy) is 2. The van der Waals surface area contributed by atoms with Gasteiger partial charge < -0.3 is 9.47 Å². The van der Waals surface area contributed by atoms with Gasteiger partial charge in [-0.05, 0) is 98.1 Å². The zero-order valence-electron chi connectivity index (χ0n) is 20.1. The zero-order chi connectivity index (χ0) is 21.4. The molecule has 4 saturated carbocycles. The summed E-state index contributed by atoms with van der Waals surface area (Å²) in [5.74, 6) is 6.51. The zero-order valence-corrected chi connectivity index (χ0v) is 20.1. The molecule has 172 valence electrons. The summed E-state index contributed by atoms with van der Waals surface area (Å²) in [4.78, 5) is 0. The Morgan fingerprint density at radius 2 is 1.58 bits per heavy atom. The number of rotatable bonds is 8. The fraction of sp³-hybridized carbons (Fsp3) is 0.793. The largest absolute Gasteiger partial charge is 0.465 e. The molecule has 0 N–H and O–H groups in total. The molecule has 0 aliphatic heterocycles. The first-order valence-electron chi connectivity index (χ1n) is 13.6.